The molecule has 1 aromatic carbocycles. The van der Waals surface area contributed by atoms with Crippen LogP contribution in [-0.4, -0.2) is 18.0 Å². The van der Waals surface area contributed by atoms with Crippen LogP contribution in [0, 0.1) is 11.3 Å². The van der Waals surface area contributed by atoms with Gasteiger partial charge in [0.15, 0.2) is 0 Å². The molecule has 0 heterocycles. The molecule has 0 aromatic heterocycles. The van der Waals surface area contributed by atoms with E-state index in [9.17, 15) is 0 Å². The van der Waals surface area contributed by atoms with Gasteiger partial charge in [0.05, 0.1) is 12.6 Å². The van der Waals surface area contributed by atoms with Crippen LogP contribution in [0.25, 0.3) is 0 Å². The molecule has 4 heteroatoms. The van der Waals surface area contributed by atoms with Crippen LogP contribution in [-0.2, 0) is 6.54 Å². The predicted molar refractivity (Wildman–Crippen MR) is 67.6 cm³/mol. The third-order valence-electron chi connectivity index (χ3n) is 2.24. The van der Waals surface area contributed by atoms with Gasteiger partial charge in [0.25, 0.3) is 0 Å². The van der Waals surface area contributed by atoms with Crippen molar-refractivity contribution in [2.75, 3.05) is 13.1 Å². The van der Waals surface area contributed by atoms with Gasteiger partial charge < -0.3 is 0 Å². The summed E-state index contributed by atoms with van der Waals surface area (Å²) in [7, 11) is 0. The van der Waals surface area contributed by atoms with Crippen LogP contribution in [0.4, 0.5) is 0 Å². The van der Waals surface area contributed by atoms with Crippen molar-refractivity contribution < 1.29 is 0 Å². The minimum absolute atomic E-state index is 0.423. The molecule has 0 bridgehead atoms. The first-order chi connectivity index (χ1) is 7.67. The lowest BCUT2D eigenvalue weighted by molar-refractivity contribution is 0.298. The van der Waals surface area contributed by atoms with Gasteiger partial charge in [-0.1, -0.05) is 36.2 Å². The highest BCUT2D eigenvalue weighted by atomic mass is 35.5. The van der Waals surface area contributed by atoms with Crippen LogP contribution in [0.2, 0.25) is 10.0 Å². The Hall–Kier alpha value is -0.750. The summed E-state index contributed by atoms with van der Waals surface area (Å²) < 4.78 is 0. The van der Waals surface area contributed by atoms with Crippen LogP contribution in [0.1, 0.15) is 18.9 Å². The van der Waals surface area contributed by atoms with E-state index in [1.807, 2.05) is 12.1 Å². The van der Waals surface area contributed by atoms with E-state index in [0.29, 0.717) is 23.1 Å². The zero-order chi connectivity index (χ0) is 12.0. The molecule has 0 saturated carbocycles. The monoisotopic (exact) mass is 256 g/mol. The lowest BCUT2D eigenvalue weighted by atomic mass is 10.2. The Morgan fingerprint density at radius 1 is 1.38 bits per heavy atom. The highest BCUT2D eigenvalue weighted by Gasteiger charge is 2.07. The first-order valence-corrected chi connectivity index (χ1v) is 5.96. The molecular weight excluding hydrogens is 243 g/mol. The topological polar surface area (TPSA) is 27.0 Å². The van der Waals surface area contributed by atoms with Crippen molar-refractivity contribution in [3.05, 3.63) is 33.8 Å². The summed E-state index contributed by atoms with van der Waals surface area (Å²) in [5.41, 5.74) is 1.01. The van der Waals surface area contributed by atoms with Crippen molar-refractivity contribution in [1.29, 1.82) is 5.26 Å². The fourth-order valence-electron chi connectivity index (χ4n) is 1.52. The number of hydrogen-bond acceptors (Lipinski definition) is 2. The number of nitrogens with zero attached hydrogens (tertiary/aromatic N) is 2. The fourth-order valence-corrected chi connectivity index (χ4v) is 1.99. The van der Waals surface area contributed by atoms with Gasteiger partial charge in [0.2, 0.25) is 0 Å². The molecule has 0 fully saturated rings. The highest BCUT2D eigenvalue weighted by molar-refractivity contribution is 6.35. The summed E-state index contributed by atoms with van der Waals surface area (Å²) in [5.74, 6) is 0. The largest absolute Gasteiger partial charge is 0.286 e. The molecule has 2 nitrogen and oxygen atoms in total. The average molecular weight is 257 g/mol. The van der Waals surface area contributed by atoms with E-state index in [4.69, 9.17) is 28.5 Å². The zero-order valence-electron chi connectivity index (χ0n) is 9.21. The Bertz CT molecular complexity index is 385. The predicted octanol–water partition coefficient (Wildman–Crippen LogP) is 3.73. The van der Waals surface area contributed by atoms with E-state index in [1.165, 1.54) is 0 Å². The van der Waals surface area contributed by atoms with Crippen molar-refractivity contribution >= 4 is 23.2 Å². The molecule has 0 saturated heterocycles. The Kier molecular flexibility index (Phi) is 5.62. The Balaban J connectivity index is 2.73. The summed E-state index contributed by atoms with van der Waals surface area (Å²) >= 11 is 11.9. The number of benzene rings is 1. The van der Waals surface area contributed by atoms with Crippen molar-refractivity contribution in [3.63, 3.8) is 0 Å². The number of rotatable bonds is 5. The molecule has 0 aliphatic carbocycles. The first kappa shape index (κ1) is 13.3. The van der Waals surface area contributed by atoms with E-state index >= 15 is 0 Å². The molecule has 16 heavy (non-hydrogen) atoms. The molecule has 1 aromatic rings. The average Bonchev–Trinajstić information content (AvgIpc) is 2.23. The third-order valence-corrected chi connectivity index (χ3v) is 2.83. The first-order valence-electron chi connectivity index (χ1n) is 5.20. The Morgan fingerprint density at radius 3 is 2.69 bits per heavy atom. The van der Waals surface area contributed by atoms with Crippen LogP contribution in [0.15, 0.2) is 18.2 Å². The van der Waals surface area contributed by atoms with Crippen molar-refractivity contribution in [3.8, 4) is 6.07 Å². The smallest absolute Gasteiger partial charge is 0.0868 e. The summed E-state index contributed by atoms with van der Waals surface area (Å²) in [4.78, 5) is 2.06. The summed E-state index contributed by atoms with van der Waals surface area (Å²) in [5, 5.41) is 10.0. The number of nitriles is 1. The fraction of sp³-hybridized carbons (Fsp3) is 0.417. The molecule has 0 atom stereocenters. The molecule has 1 rings (SSSR count). The normalized spacial score (nSPS) is 10.4. The molecule has 0 amide bonds. The standard InChI is InChI=1S/C12H14Cl2N2/c1-2-6-16(7-5-15)9-10-3-4-11(13)8-12(10)14/h3-4,8H,2,6-7,9H2,1H3. The van der Waals surface area contributed by atoms with Gasteiger partial charge in [-0.05, 0) is 30.7 Å². The quantitative estimate of drug-likeness (QED) is 0.751. The number of halogens is 2. The van der Waals surface area contributed by atoms with Gasteiger partial charge in [-0.15, -0.1) is 0 Å². The molecule has 0 unspecified atom stereocenters. The maximum Gasteiger partial charge on any atom is 0.0868 e. The molecular formula is C12H14Cl2N2. The Labute approximate surface area is 106 Å². The lowest BCUT2D eigenvalue weighted by Gasteiger charge is -2.18. The van der Waals surface area contributed by atoms with Gasteiger partial charge >= 0.3 is 0 Å². The van der Waals surface area contributed by atoms with E-state index in [0.717, 1.165) is 18.5 Å². The van der Waals surface area contributed by atoms with Gasteiger partial charge in [0.1, 0.15) is 0 Å². The second kappa shape index (κ2) is 6.75. The molecule has 0 aliphatic heterocycles. The van der Waals surface area contributed by atoms with Crippen LogP contribution < -0.4 is 0 Å². The minimum Gasteiger partial charge on any atom is -0.286 e. The minimum atomic E-state index is 0.423. The molecule has 0 N–H and O–H groups in total. The third kappa shape index (κ3) is 4.02. The van der Waals surface area contributed by atoms with Gasteiger partial charge in [-0.25, -0.2) is 0 Å². The van der Waals surface area contributed by atoms with E-state index in [-0.39, 0.29) is 0 Å². The zero-order valence-corrected chi connectivity index (χ0v) is 10.7. The van der Waals surface area contributed by atoms with Crippen LogP contribution >= 0.6 is 23.2 Å². The SMILES string of the molecule is CCCN(CC#N)Cc1ccc(Cl)cc1Cl. The second-order valence-corrected chi connectivity index (χ2v) is 4.45. The molecule has 86 valence electrons. The van der Waals surface area contributed by atoms with Crippen LogP contribution in [0.3, 0.4) is 0 Å². The maximum absolute atomic E-state index is 8.71. The van der Waals surface area contributed by atoms with E-state index in [1.54, 1.807) is 6.07 Å². The summed E-state index contributed by atoms with van der Waals surface area (Å²) in [6.45, 7) is 4.10. The van der Waals surface area contributed by atoms with Crippen molar-refractivity contribution in [2.45, 2.75) is 19.9 Å². The van der Waals surface area contributed by atoms with Gasteiger partial charge in [-0.3, -0.25) is 4.90 Å². The maximum atomic E-state index is 8.71. The van der Waals surface area contributed by atoms with E-state index < -0.39 is 0 Å². The van der Waals surface area contributed by atoms with Crippen molar-refractivity contribution in [2.24, 2.45) is 0 Å². The van der Waals surface area contributed by atoms with Gasteiger partial charge in [0, 0.05) is 16.6 Å². The highest BCUT2D eigenvalue weighted by Crippen LogP contribution is 2.22. The summed E-state index contributed by atoms with van der Waals surface area (Å²) in [6, 6.07) is 7.62. The van der Waals surface area contributed by atoms with E-state index in [2.05, 4.69) is 17.9 Å². The van der Waals surface area contributed by atoms with Gasteiger partial charge in [-0.2, -0.15) is 5.26 Å². The second-order valence-electron chi connectivity index (χ2n) is 3.60. The summed E-state index contributed by atoms with van der Waals surface area (Å²) in [6.07, 6.45) is 1.02. The van der Waals surface area contributed by atoms with Crippen LogP contribution in [0.5, 0.6) is 0 Å². The van der Waals surface area contributed by atoms with Crippen molar-refractivity contribution in [1.82, 2.24) is 4.90 Å². The number of hydrogen-bond donors (Lipinski definition) is 0. The molecule has 0 spiro atoms. The molecule has 0 aliphatic rings. The Morgan fingerprint density at radius 2 is 2.12 bits per heavy atom. The molecule has 0 radical (unpaired) electrons. The lowest BCUT2D eigenvalue weighted by Crippen LogP contribution is -2.24.